The smallest absolute Gasteiger partial charge is 0.332 e. The highest BCUT2D eigenvalue weighted by molar-refractivity contribution is 7.93. The van der Waals surface area contributed by atoms with Crippen LogP contribution in [-0.4, -0.2) is 66.2 Å². The molecule has 3 atom stereocenters. The largest absolute Gasteiger partial charge is 0.478 e. The van der Waals surface area contributed by atoms with Gasteiger partial charge in [0, 0.05) is 6.42 Å². The van der Waals surface area contributed by atoms with Crippen molar-refractivity contribution in [2.24, 2.45) is 0 Å². The lowest BCUT2D eigenvalue weighted by Crippen LogP contribution is -2.42. The van der Waals surface area contributed by atoms with Gasteiger partial charge in [0.15, 0.2) is 5.79 Å². The number of anilines is 1. The summed E-state index contributed by atoms with van der Waals surface area (Å²) in [6.07, 6.45) is 8.55. The topological polar surface area (TPSA) is 142 Å². The van der Waals surface area contributed by atoms with Gasteiger partial charge < -0.3 is 24.8 Å². The molecule has 1 saturated heterocycles. The summed E-state index contributed by atoms with van der Waals surface area (Å²) in [5.74, 6) is -3.46. The second kappa shape index (κ2) is 13.8. The third kappa shape index (κ3) is 7.75. The molecule has 4 N–H and O–H groups in total. The van der Waals surface area contributed by atoms with Crippen LogP contribution in [0.25, 0.3) is 0 Å². The molecule has 0 saturated carbocycles. The number of rotatable bonds is 15. The normalized spacial score (nSPS) is 22.9. The van der Waals surface area contributed by atoms with Crippen molar-refractivity contribution in [2.75, 3.05) is 17.9 Å². The van der Waals surface area contributed by atoms with Gasteiger partial charge in [-0.25, -0.2) is 17.6 Å². The Morgan fingerprint density at radius 2 is 1.66 bits per heavy atom. The Morgan fingerprint density at radius 3 is 2.24 bits per heavy atom. The summed E-state index contributed by atoms with van der Waals surface area (Å²) in [4.78, 5) is 12.1. The van der Waals surface area contributed by atoms with Crippen LogP contribution in [0.15, 0.2) is 29.8 Å². The van der Waals surface area contributed by atoms with Crippen molar-refractivity contribution >= 4 is 21.7 Å². The van der Waals surface area contributed by atoms with E-state index >= 15 is 0 Å². The number of carboxylic acids is 1. The van der Waals surface area contributed by atoms with Crippen LogP contribution < -0.4 is 4.72 Å². The third-order valence-electron chi connectivity index (χ3n) is 7.19. The van der Waals surface area contributed by atoms with Gasteiger partial charge in [0.2, 0.25) is 10.0 Å². The zero-order chi connectivity index (χ0) is 27.8. The number of aliphatic carboxylic acids is 1. The lowest BCUT2D eigenvalue weighted by atomic mass is 9.94. The highest BCUT2D eigenvalue weighted by Crippen LogP contribution is 2.41. The Bertz CT molecular complexity index is 1060. The molecule has 1 unspecified atom stereocenters. The summed E-state index contributed by atoms with van der Waals surface area (Å²) >= 11 is 0. The summed E-state index contributed by atoms with van der Waals surface area (Å²) in [5.41, 5.74) is 0.325. The third-order valence-corrected chi connectivity index (χ3v) is 8.94. The molecule has 1 aliphatic carbocycles. The molecular formula is C27H40FNO8S. The molecule has 1 aromatic rings. The van der Waals surface area contributed by atoms with Crippen LogP contribution in [0.1, 0.15) is 76.7 Å². The number of aliphatic hydroxyl groups is 2. The molecule has 9 nitrogen and oxygen atoms in total. The first-order valence-corrected chi connectivity index (χ1v) is 15.0. The van der Waals surface area contributed by atoms with Crippen molar-refractivity contribution in [3.63, 3.8) is 0 Å². The van der Waals surface area contributed by atoms with Gasteiger partial charge in [0.05, 0.1) is 24.5 Å². The van der Waals surface area contributed by atoms with Crippen molar-refractivity contribution in [1.29, 1.82) is 0 Å². The van der Waals surface area contributed by atoms with Gasteiger partial charge in [-0.05, 0) is 49.1 Å². The quantitative estimate of drug-likeness (QED) is 0.238. The van der Waals surface area contributed by atoms with Gasteiger partial charge in [-0.1, -0.05) is 51.9 Å². The first-order valence-electron chi connectivity index (χ1n) is 13.5. The summed E-state index contributed by atoms with van der Waals surface area (Å²) in [6.45, 7) is 1.28. The average Bonchev–Trinajstić information content (AvgIpc) is 3.23. The van der Waals surface area contributed by atoms with Crippen LogP contribution in [0.5, 0.6) is 0 Å². The molecule has 0 aromatic heterocycles. The number of aryl methyl sites for hydroxylation is 1. The molecule has 38 heavy (non-hydrogen) atoms. The minimum Gasteiger partial charge on any atom is -0.478 e. The molecule has 11 heteroatoms. The molecule has 0 bridgehead atoms. The van der Waals surface area contributed by atoms with Crippen LogP contribution in [0, 0.1) is 5.82 Å². The van der Waals surface area contributed by atoms with Crippen LogP contribution in [0.4, 0.5) is 10.1 Å². The maximum atomic E-state index is 14.0. The van der Waals surface area contributed by atoms with Crippen molar-refractivity contribution in [1.82, 2.24) is 0 Å². The second-order valence-electron chi connectivity index (χ2n) is 10.1. The van der Waals surface area contributed by atoms with Gasteiger partial charge in [-0.3, -0.25) is 4.72 Å². The van der Waals surface area contributed by atoms with Gasteiger partial charge >= 0.3 is 5.97 Å². The number of hydrogen-bond acceptors (Lipinski definition) is 7. The Hall–Kier alpha value is -2.05. The van der Waals surface area contributed by atoms with Gasteiger partial charge in [0.25, 0.3) is 0 Å². The van der Waals surface area contributed by atoms with E-state index in [4.69, 9.17) is 9.47 Å². The van der Waals surface area contributed by atoms with E-state index in [1.165, 1.54) is 43.9 Å². The maximum Gasteiger partial charge on any atom is 0.332 e. The molecular weight excluding hydrogens is 517 g/mol. The first-order chi connectivity index (χ1) is 18.1. The highest BCUT2D eigenvalue weighted by Gasteiger charge is 2.51. The monoisotopic (exact) mass is 557 g/mol. The number of ether oxygens (including phenoxy) is 2. The number of hydrogen-bond donors (Lipinski definition) is 4. The van der Waals surface area contributed by atoms with E-state index in [9.17, 15) is 32.9 Å². The maximum absolute atomic E-state index is 14.0. The van der Waals surface area contributed by atoms with Crippen LogP contribution in [0.2, 0.25) is 0 Å². The molecule has 1 fully saturated rings. The van der Waals surface area contributed by atoms with E-state index in [0.717, 1.165) is 31.8 Å². The highest BCUT2D eigenvalue weighted by atomic mass is 32.2. The SMILES string of the molecule is CCCCCCCCCCc1cc(F)ccc1NS(=O)(=O)C1CCC2(C=C1C(=O)O)O[C@H](CO)[C@@H](CO)O2. The van der Waals surface area contributed by atoms with Crippen LogP contribution in [0.3, 0.4) is 0 Å². The number of halogens is 1. The van der Waals surface area contributed by atoms with E-state index in [1.54, 1.807) is 0 Å². The van der Waals surface area contributed by atoms with Gasteiger partial charge in [0.1, 0.15) is 23.3 Å². The number of carbonyl (C=O) groups is 1. The lowest BCUT2D eigenvalue weighted by molar-refractivity contribution is -0.153. The first kappa shape index (κ1) is 30.5. The summed E-state index contributed by atoms with van der Waals surface area (Å²) in [6, 6.07) is 3.85. The number of benzene rings is 1. The molecule has 1 heterocycles. The molecule has 214 valence electrons. The van der Waals surface area contributed by atoms with E-state index in [1.807, 2.05) is 0 Å². The van der Waals surface area contributed by atoms with Crippen molar-refractivity contribution < 1.29 is 42.4 Å². The molecule has 3 rings (SSSR count). The molecule has 1 aliphatic heterocycles. The minimum atomic E-state index is -4.23. The Balaban J connectivity index is 1.71. The second-order valence-corrected chi connectivity index (χ2v) is 12.0. The number of unbranched alkanes of at least 4 members (excludes halogenated alkanes) is 7. The van der Waals surface area contributed by atoms with Crippen molar-refractivity contribution in [2.45, 2.75) is 101 Å². The fourth-order valence-corrected chi connectivity index (χ4v) is 6.72. The molecule has 1 aromatic carbocycles. The fraction of sp³-hybridized carbons (Fsp3) is 0.667. The van der Waals surface area contributed by atoms with Gasteiger partial charge in [-0.2, -0.15) is 0 Å². The Labute approximate surface area is 224 Å². The van der Waals surface area contributed by atoms with E-state index in [2.05, 4.69) is 11.6 Å². The zero-order valence-electron chi connectivity index (χ0n) is 21.9. The number of carboxylic acid groups (broad SMARTS) is 1. The standard InChI is InChI=1S/C27H40FNO8S/c1-2-3-4-5-6-7-8-9-10-19-15-20(28)11-12-22(19)29-38(34,35)25-13-14-27(16-21(25)26(32)33)36-23(17-30)24(18-31)37-27/h11-12,15-16,23-25,29-31H,2-10,13-14,17-18H2,1H3,(H,32,33)/t23-,24-,25?/m1/s1. The van der Waals surface area contributed by atoms with Crippen LogP contribution >= 0.6 is 0 Å². The number of sulfonamides is 1. The fourth-order valence-electron chi connectivity index (χ4n) is 5.14. The number of nitrogens with one attached hydrogen (secondary N) is 1. The lowest BCUT2D eigenvalue weighted by Gasteiger charge is -2.33. The molecule has 1 spiro atoms. The number of aliphatic hydroxyl groups excluding tert-OH is 2. The molecule has 0 amide bonds. The van der Waals surface area contributed by atoms with Crippen molar-refractivity contribution in [3.05, 3.63) is 41.2 Å². The van der Waals surface area contributed by atoms with E-state index < -0.39 is 63.8 Å². The van der Waals surface area contributed by atoms with E-state index in [0.29, 0.717) is 12.0 Å². The van der Waals surface area contributed by atoms with Crippen LogP contribution in [-0.2, 0) is 30.7 Å². The predicted molar refractivity (Wildman–Crippen MR) is 141 cm³/mol. The van der Waals surface area contributed by atoms with Crippen molar-refractivity contribution in [3.8, 4) is 0 Å². The minimum absolute atomic E-state index is 0.0108. The molecule has 0 radical (unpaired) electrons. The molecule has 2 aliphatic rings. The predicted octanol–water partition coefficient (Wildman–Crippen LogP) is 3.89. The summed E-state index contributed by atoms with van der Waals surface area (Å²) in [7, 11) is -4.23. The Kier molecular flexibility index (Phi) is 11.1. The average molecular weight is 558 g/mol. The van der Waals surface area contributed by atoms with E-state index in [-0.39, 0.29) is 18.5 Å². The summed E-state index contributed by atoms with van der Waals surface area (Å²) in [5, 5.41) is 27.4. The Morgan fingerprint density at radius 1 is 1.05 bits per heavy atom. The summed E-state index contributed by atoms with van der Waals surface area (Å²) < 4.78 is 54.7. The van der Waals surface area contributed by atoms with Gasteiger partial charge in [-0.15, -0.1) is 0 Å². The zero-order valence-corrected chi connectivity index (χ0v) is 22.7.